The highest BCUT2D eigenvalue weighted by molar-refractivity contribution is 7.13. The molecule has 1 aliphatic rings. The Labute approximate surface area is 168 Å². The molecule has 0 atom stereocenters. The summed E-state index contributed by atoms with van der Waals surface area (Å²) >= 11 is 1.18. The molecular weight excluding hydrogens is 405 g/mol. The van der Waals surface area contributed by atoms with Crippen LogP contribution in [0.3, 0.4) is 0 Å². The van der Waals surface area contributed by atoms with Crippen LogP contribution in [0, 0.1) is 0 Å². The molecule has 0 bridgehead atoms. The number of nitrogens with one attached hydrogen (secondary N) is 2. The van der Waals surface area contributed by atoms with Crippen LogP contribution in [0.2, 0.25) is 0 Å². The molecule has 1 aromatic carbocycles. The van der Waals surface area contributed by atoms with E-state index in [-0.39, 0.29) is 23.5 Å². The second-order valence-corrected chi connectivity index (χ2v) is 7.54. The summed E-state index contributed by atoms with van der Waals surface area (Å²) < 4.78 is 40.7. The van der Waals surface area contributed by atoms with Crippen LogP contribution in [0.5, 0.6) is 0 Å². The lowest BCUT2D eigenvalue weighted by atomic mass is 10.1. The van der Waals surface area contributed by atoms with Crippen molar-refractivity contribution in [3.05, 3.63) is 46.7 Å². The Balaban J connectivity index is 1.53. The molecular formula is C18H17F3N6OS. The van der Waals surface area contributed by atoms with E-state index in [1.54, 1.807) is 0 Å². The van der Waals surface area contributed by atoms with Gasteiger partial charge in [-0.05, 0) is 43.6 Å². The summed E-state index contributed by atoms with van der Waals surface area (Å²) in [6.45, 7) is 1.84. The Bertz CT molecular complexity index is 995. The molecule has 2 N–H and O–H groups in total. The van der Waals surface area contributed by atoms with Gasteiger partial charge >= 0.3 is 6.18 Å². The standard InChI is InChI=1S/C18H17F3N6OS/c19-18(20,21)13-7-12(4-3-11(13)8-27-5-1-2-6-27)24-16(28)14-9-29-17(25-14)15-22-10-23-26-15/h3-4,7,9-10H,1-2,5-6,8H2,(H,24,28)(H,22,23,26). The number of aromatic amines is 1. The first-order valence-corrected chi connectivity index (χ1v) is 9.83. The van der Waals surface area contributed by atoms with Gasteiger partial charge < -0.3 is 5.32 Å². The van der Waals surface area contributed by atoms with Gasteiger partial charge in [0.15, 0.2) is 10.8 Å². The molecule has 3 heterocycles. The van der Waals surface area contributed by atoms with Gasteiger partial charge in [-0.2, -0.15) is 18.3 Å². The maximum Gasteiger partial charge on any atom is 0.416 e. The zero-order valence-corrected chi connectivity index (χ0v) is 16.0. The maximum atomic E-state index is 13.6. The van der Waals surface area contributed by atoms with Crippen LogP contribution < -0.4 is 5.32 Å². The van der Waals surface area contributed by atoms with E-state index in [4.69, 9.17) is 0 Å². The van der Waals surface area contributed by atoms with Crippen molar-refractivity contribution in [1.29, 1.82) is 0 Å². The topological polar surface area (TPSA) is 86.8 Å². The van der Waals surface area contributed by atoms with Gasteiger partial charge in [0, 0.05) is 17.6 Å². The third-order valence-corrected chi connectivity index (χ3v) is 5.47. The molecule has 29 heavy (non-hydrogen) atoms. The number of amides is 1. The Morgan fingerprint density at radius 2 is 2.07 bits per heavy atom. The van der Waals surface area contributed by atoms with Gasteiger partial charge in [-0.25, -0.2) is 9.97 Å². The number of carbonyl (C=O) groups excluding carboxylic acids is 1. The molecule has 11 heteroatoms. The summed E-state index contributed by atoms with van der Waals surface area (Å²) in [6, 6.07) is 3.90. The third-order valence-electron chi connectivity index (χ3n) is 4.62. The van der Waals surface area contributed by atoms with Crippen LogP contribution >= 0.6 is 11.3 Å². The average Bonchev–Trinajstić information content (AvgIpc) is 3.44. The molecule has 0 unspecified atom stereocenters. The smallest absolute Gasteiger partial charge is 0.321 e. The minimum Gasteiger partial charge on any atom is -0.321 e. The van der Waals surface area contributed by atoms with Crippen molar-refractivity contribution in [2.24, 2.45) is 0 Å². The van der Waals surface area contributed by atoms with E-state index in [1.807, 2.05) is 4.90 Å². The van der Waals surface area contributed by atoms with Crippen molar-refractivity contribution in [3.8, 4) is 10.8 Å². The highest BCUT2D eigenvalue weighted by Crippen LogP contribution is 2.35. The number of alkyl halides is 3. The third kappa shape index (κ3) is 4.46. The summed E-state index contributed by atoms with van der Waals surface area (Å²) in [4.78, 5) is 22.5. The highest BCUT2D eigenvalue weighted by Gasteiger charge is 2.34. The van der Waals surface area contributed by atoms with Gasteiger partial charge in [-0.3, -0.25) is 14.8 Å². The van der Waals surface area contributed by atoms with E-state index in [2.05, 4.69) is 25.5 Å². The molecule has 7 nitrogen and oxygen atoms in total. The van der Waals surface area contributed by atoms with Gasteiger partial charge in [0.1, 0.15) is 12.0 Å². The molecule has 152 valence electrons. The molecule has 4 rings (SSSR count). The molecule has 1 amide bonds. The van der Waals surface area contributed by atoms with E-state index in [0.29, 0.717) is 10.8 Å². The number of H-pyrrole nitrogens is 1. The lowest BCUT2D eigenvalue weighted by molar-refractivity contribution is -0.138. The Morgan fingerprint density at radius 1 is 1.28 bits per heavy atom. The first-order valence-electron chi connectivity index (χ1n) is 8.95. The van der Waals surface area contributed by atoms with Crippen LogP contribution in [0.1, 0.15) is 34.5 Å². The summed E-state index contributed by atoms with van der Waals surface area (Å²) in [5, 5.41) is 10.8. The van der Waals surface area contributed by atoms with Gasteiger partial charge in [0.2, 0.25) is 0 Å². The lowest BCUT2D eigenvalue weighted by Crippen LogP contribution is -2.21. The number of halogens is 3. The second kappa shape index (κ2) is 7.91. The second-order valence-electron chi connectivity index (χ2n) is 6.68. The number of carbonyl (C=O) groups is 1. The first-order chi connectivity index (χ1) is 13.9. The average molecular weight is 422 g/mol. The summed E-state index contributed by atoms with van der Waals surface area (Å²) in [5.74, 6) is -0.174. The zero-order chi connectivity index (χ0) is 20.4. The monoisotopic (exact) mass is 422 g/mol. The highest BCUT2D eigenvalue weighted by atomic mass is 32.1. The van der Waals surface area contributed by atoms with E-state index in [1.165, 1.54) is 35.2 Å². The van der Waals surface area contributed by atoms with Crippen molar-refractivity contribution in [3.63, 3.8) is 0 Å². The number of nitrogens with zero attached hydrogens (tertiary/aromatic N) is 4. The molecule has 0 spiro atoms. The summed E-state index contributed by atoms with van der Waals surface area (Å²) in [5.41, 5.74) is -0.362. The minimum atomic E-state index is -4.50. The van der Waals surface area contributed by atoms with Crippen LogP contribution in [-0.4, -0.2) is 44.1 Å². The van der Waals surface area contributed by atoms with Gasteiger partial charge in [-0.15, -0.1) is 11.3 Å². The molecule has 1 fully saturated rings. The Morgan fingerprint density at radius 3 is 2.76 bits per heavy atom. The Hall–Kier alpha value is -2.79. The fourth-order valence-corrected chi connectivity index (χ4v) is 3.97. The molecule has 0 radical (unpaired) electrons. The van der Waals surface area contributed by atoms with Crippen molar-refractivity contribution in [1.82, 2.24) is 25.1 Å². The fourth-order valence-electron chi connectivity index (χ4n) is 3.23. The lowest BCUT2D eigenvalue weighted by Gasteiger charge is -2.19. The number of benzene rings is 1. The fraction of sp³-hybridized carbons (Fsp3) is 0.333. The predicted octanol–water partition coefficient (Wildman–Crippen LogP) is 3.80. The zero-order valence-electron chi connectivity index (χ0n) is 15.2. The van der Waals surface area contributed by atoms with Crippen molar-refractivity contribution < 1.29 is 18.0 Å². The molecule has 1 saturated heterocycles. The number of thiazole rings is 1. The summed E-state index contributed by atoms with van der Waals surface area (Å²) in [7, 11) is 0. The number of aromatic nitrogens is 4. The summed E-state index contributed by atoms with van der Waals surface area (Å²) in [6.07, 6.45) is -1.19. The van der Waals surface area contributed by atoms with Gasteiger partial charge in [0.25, 0.3) is 5.91 Å². The molecule has 0 aliphatic carbocycles. The SMILES string of the molecule is O=C(Nc1ccc(CN2CCCC2)c(C(F)(F)F)c1)c1csc(-c2ncn[nH]2)n1. The van der Waals surface area contributed by atoms with E-state index >= 15 is 0 Å². The van der Waals surface area contributed by atoms with Gasteiger partial charge in [0.05, 0.1) is 5.56 Å². The van der Waals surface area contributed by atoms with Crippen LogP contribution in [0.4, 0.5) is 18.9 Å². The van der Waals surface area contributed by atoms with Crippen molar-refractivity contribution >= 4 is 22.9 Å². The predicted molar refractivity (Wildman–Crippen MR) is 101 cm³/mol. The van der Waals surface area contributed by atoms with E-state index in [9.17, 15) is 18.0 Å². The number of rotatable bonds is 5. The molecule has 1 aliphatic heterocycles. The number of hydrogen-bond acceptors (Lipinski definition) is 6. The quantitative estimate of drug-likeness (QED) is 0.653. The molecule has 0 saturated carbocycles. The van der Waals surface area contributed by atoms with Crippen LogP contribution in [-0.2, 0) is 12.7 Å². The van der Waals surface area contributed by atoms with Crippen molar-refractivity contribution in [2.45, 2.75) is 25.6 Å². The van der Waals surface area contributed by atoms with Crippen LogP contribution in [0.15, 0.2) is 29.9 Å². The normalized spacial score (nSPS) is 15.0. The molecule has 3 aromatic rings. The van der Waals surface area contributed by atoms with Gasteiger partial charge in [-0.1, -0.05) is 6.07 Å². The number of hydrogen-bond donors (Lipinski definition) is 2. The first kappa shape index (κ1) is 19.5. The number of likely N-dealkylation sites (tertiary alicyclic amines) is 1. The largest absolute Gasteiger partial charge is 0.416 e. The van der Waals surface area contributed by atoms with E-state index < -0.39 is 17.6 Å². The Kier molecular flexibility index (Phi) is 5.33. The number of anilines is 1. The molecule has 2 aromatic heterocycles. The van der Waals surface area contributed by atoms with E-state index in [0.717, 1.165) is 32.0 Å². The van der Waals surface area contributed by atoms with Crippen molar-refractivity contribution in [2.75, 3.05) is 18.4 Å². The van der Waals surface area contributed by atoms with Crippen LogP contribution in [0.25, 0.3) is 10.8 Å². The minimum absolute atomic E-state index is 0.0710. The maximum absolute atomic E-state index is 13.6.